The van der Waals surface area contributed by atoms with E-state index in [4.69, 9.17) is 26.1 Å². The summed E-state index contributed by atoms with van der Waals surface area (Å²) < 4.78 is 10.3. The van der Waals surface area contributed by atoms with Gasteiger partial charge in [-0.05, 0) is 50.5 Å². The number of hydrogen-bond acceptors (Lipinski definition) is 8. The van der Waals surface area contributed by atoms with Gasteiger partial charge in [0.05, 0.1) is 31.4 Å². The molecule has 3 rings (SSSR count). The highest BCUT2D eigenvalue weighted by Crippen LogP contribution is 2.27. The first-order valence-corrected chi connectivity index (χ1v) is 11.0. The normalized spacial score (nSPS) is 16.2. The zero-order valence-electron chi connectivity index (χ0n) is 18.6. The Labute approximate surface area is 193 Å². The maximum Gasteiger partial charge on any atom is 0.333 e. The van der Waals surface area contributed by atoms with Gasteiger partial charge in [-0.25, -0.2) is 9.78 Å². The summed E-state index contributed by atoms with van der Waals surface area (Å²) in [6.07, 6.45) is 5.27. The fourth-order valence-electron chi connectivity index (χ4n) is 3.60. The summed E-state index contributed by atoms with van der Waals surface area (Å²) in [5.74, 6) is 1.35. The molecule has 0 aliphatic carbocycles. The fraction of sp³-hybridized carbons (Fsp3) is 0.435. The summed E-state index contributed by atoms with van der Waals surface area (Å²) in [5, 5.41) is 13.5. The number of carbonyl (C=O) groups is 1. The molecular formula is C23H29ClN4O4. The van der Waals surface area contributed by atoms with E-state index in [9.17, 15) is 9.90 Å². The number of hydrogen-bond donors (Lipinski definition) is 2. The van der Waals surface area contributed by atoms with E-state index in [0.717, 1.165) is 24.9 Å². The van der Waals surface area contributed by atoms with Gasteiger partial charge in [0.25, 0.3) is 0 Å². The summed E-state index contributed by atoms with van der Waals surface area (Å²) in [6, 6.07) is 5.57. The van der Waals surface area contributed by atoms with E-state index < -0.39 is 0 Å². The van der Waals surface area contributed by atoms with Gasteiger partial charge in [-0.3, -0.25) is 0 Å². The average Bonchev–Trinajstić information content (AvgIpc) is 3.27. The maximum absolute atomic E-state index is 12.1. The van der Waals surface area contributed by atoms with Gasteiger partial charge in [0.1, 0.15) is 11.6 Å². The molecular weight excluding hydrogens is 432 g/mol. The molecule has 0 radical (unpaired) electrons. The van der Waals surface area contributed by atoms with Gasteiger partial charge in [0, 0.05) is 30.4 Å². The largest absolute Gasteiger partial charge is 0.495 e. The van der Waals surface area contributed by atoms with Gasteiger partial charge in [-0.1, -0.05) is 17.7 Å². The second-order valence-electron chi connectivity index (χ2n) is 7.52. The molecule has 1 aromatic heterocycles. The van der Waals surface area contributed by atoms with Gasteiger partial charge in [0.15, 0.2) is 0 Å². The first-order valence-electron chi connectivity index (χ1n) is 10.6. The zero-order valence-corrected chi connectivity index (χ0v) is 19.4. The summed E-state index contributed by atoms with van der Waals surface area (Å²) in [7, 11) is 1.57. The van der Waals surface area contributed by atoms with Crippen LogP contribution in [-0.4, -0.2) is 54.0 Å². The number of aromatic nitrogens is 2. The van der Waals surface area contributed by atoms with Crippen LogP contribution in [0.15, 0.2) is 30.0 Å². The third-order valence-corrected chi connectivity index (χ3v) is 5.59. The van der Waals surface area contributed by atoms with Crippen molar-refractivity contribution in [2.75, 3.05) is 37.1 Å². The average molecular weight is 461 g/mol. The number of aliphatic hydroxyl groups excluding tert-OH is 1. The van der Waals surface area contributed by atoms with E-state index >= 15 is 0 Å². The second kappa shape index (κ2) is 11.2. The van der Waals surface area contributed by atoms with E-state index in [1.54, 1.807) is 33.2 Å². The molecule has 1 aliphatic rings. The van der Waals surface area contributed by atoms with Crippen LogP contribution >= 0.6 is 11.6 Å². The molecule has 1 saturated heterocycles. The summed E-state index contributed by atoms with van der Waals surface area (Å²) in [6.45, 7) is 5.07. The van der Waals surface area contributed by atoms with Crippen molar-refractivity contribution in [3.05, 3.63) is 46.1 Å². The maximum atomic E-state index is 12.1. The number of anilines is 2. The van der Waals surface area contributed by atoms with Crippen LogP contribution in [0.5, 0.6) is 5.75 Å². The molecule has 1 atom stereocenters. The van der Waals surface area contributed by atoms with E-state index in [-0.39, 0.29) is 18.6 Å². The molecule has 0 amide bonds. The standard InChI is InChI=1S/C23H29ClN4O4/c1-4-32-22(30)15(2)10-17-13-26-23(28-9-5-6-18(28)14-29)27-21(17)25-12-16-7-8-20(31-3)19(24)11-16/h7-8,10-11,13,18,29H,4-6,9,12,14H2,1-3H3,(H,25,26,27)/t18-/m0/s1. The van der Waals surface area contributed by atoms with Crippen LogP contribution in [0.25, 0.3) is 6.08 Å². The molecule has 0 spiro atoms. The Morgan fingerprint density at radius 3 is 2.94 bits per heavy atom. The number of esters is 1. The minimum atomic E-state index is -0.385. The molecule has 0 saturated carbocycles. The van der Waals surface area contributed by atoms with Crippen molar-refractivity contribution in [1.29, 1.82) is 0 Å². The quantitative estimate of drug-likeness (QED) is 0.432. The first-order chi connectivity index (χ1) is 15.5. The van der Waals surface area contributed by atoms with Gasteiger partial charge >= 0.3 is 5.97 Å². The van der Waals surface area contributed by atoms with Crippen molar-refractivity contribution < 1.29 is 19.4 Å². The first kappa shape index (κ1) is 23.8. The monoisotopic (exact) mass is 460 g/mol. The molecule has 8 nitrogen and oxygen atoms in total. The van der Waals surface area contributed by atoms with Crippen LogP contribution in [0.3, 0.4) is 0 Å². The number of carbonyl (C=O) groups excluding carboxylic acids is 1. The van der Waals surface area contributed by atoms with E-state index in [2.05, 4.69) is 10.3 Å². The Balaban J connectivity index is 1.90. The van der Waals surface area contributed by atoms with E-state index in [1.165, 1.54) is 0 Å². The Morgan fingerprint density at radius 2 is 2.25 bits per heavy atom. The van der Waals surface area contributed by atoms with Crippen LogP contribution in [0.2, 0.25) is 5.02 Å². The smallest absolute Gasteiger partial charge is 0.333 e. The van der Waals surface area contributed by atoms with Crippen molar-refractivity contribution >= 4 is 35.4 Å². The van der Waals surface area contributed by atoms with Crippen LogP contribution in [-0.2, 0) is 16.1 Å². The number of ether oxygens (including phenoxy) is 2. The highest BCUT2D eigenvalue weighted by molar-refractivity contribution is 6.32. The summed E-state index contributed by atoms with van der Waals surface area (Å²) >= 11 is 6.25. The predicted molar refractivity (Wildman–Crippen MR) is 125 cm³/mol. The number of halogens is 1. The zero-order chi connectivity index (χ0) is 23.1. The SMILES string of the molecule is CCOC(=O)C(C)=Cc1cnc(N2CCC[C@H]2CO)nc1NCc1ccc(OC)c(Cl)c1. The van der Waals surface area contributed by atoms with Crippen molar-refractivity contribution in [3.8, 4) is 5.75 Å². The van der Waals surface area contributed by atoms with Crippen LogP contribution in [0, 0.1) is 0 Å². The van der Waals surface area contributed by atoms with Gasteiger partial charge in [0.2, 0.25) is 5.95 Å². The lowest BCUT2D eigenvalue weighted by Gasteiger charge is -2.23. The third kappa shape index (κ3) is 5.69. The Morgan fingerprint density at radius 1 is 1.44 bits per heavy atom. The number of rotatable bonds is 9. The number of benzene rings is 1. The van der Waals surface area contributed by atoms with Crippen molar-refractivity contribution in [2.24, 2.45) is 0 Å². The Kier molecular flexibility index (Phi) is 8.30. The molecule has 32 heavy (non-hydrogen) atoms. The molecule has 2 aromatic rings. The van der Waals surface area contributed by atoms with E-state index in [1.807, 2.05) is 23.1 Å². The van der Waals surface area contributed by atoms with Crippen molar-refractivity contribution in [3.63, 3.8) is 0 Å². The molecule has 2 heterocycles. The molecule has 172 valence electrons. The van der Waals surface area contributed by atoms with Crippen LogP contribution in [0.1, 0.15) is 37.8 Å². The van der Waals surface area contributed by atoms with Crippen LogP contribution < -0.4 is 15.0 Å². The number of nitrogens with zero attached hydrogens (tertiary/aromatic N) is 3. The lowest BCUT2D eigenvalue weighted by atomic mass is 10.1. The molecule has 0 unspecified atom stereocenters. The lowest BCUT2D eigenvalue weighted by molar-refractivity contribution is -0.138. The molecule has 1 aliphatic heterocycles. The topological polar surface area (TPSA) is 96.8 Å². The van der Waals surface area contributed by atoms with Crippen LogP contribution in [0.4, 0.5) is 11.8 Å². The molecule has 9 heteroatoms. The minimum Gasteiger partial charge on any atom is -0.495 e. The molecule has 1 fully saturated rings. The lowest BCUT2D eigenvalue weighted by Crippen LogP contribution is -2.33. The Bertz CT molecular complexity index is 982. The predicted octanol–water partition coefficient (Wildman–Crippen LogP) is 3.68. The molecule has 0 bridgehead atoms. The highest BCUT2D eigenvalue weighted by atomic mass is 35.5. The highest BCUT2D eigenvalue weighted by Gasteiger charge is 2.26. The third-order valence-electron chi connectivity index (χ3n) is 5.29. The second-order valence-corrected chi connectivity index (χ2v) is 7.92. The summed E-state index contributed by atoms with van der Waals surface area (Å²) in [4.78, 5) is 23.3. The molecule has 2 N–H and O–H groups in total. The van der Waals surface area contributed by atoms with Crippen molar-refractivity contribution in [2.45, 2.75) is 39.3 Å². The van der Waals surface area contributed by atoms with Gasteiger partial charge in [-0.15, -0.1) is 0 Å². The Hall–Kier alpha value is -2.84. The molecule has 1 aromatic carbocycles. The number of aliphatic hydroxyl groups is 1. The van der Waals surface area contributed by atoms with Crippen molar-refractivity contribution in [1.82, 2.24) is 9.97 Å². The number of nitrogens with one attached hydrogen (secondary N) is 1. The minimum absolute atomic E-state index is 0.00547. The van der Waals surface area contributed by atoms with Gasteiger partial charge in [-0.2, -0.15) is 4.98 Å². The van der Waals surface area contributed by atoms with E-state index in [0.29, 0.717) is 46.8 Å². The number of methoxy groups -OCH3 is 1. The summed E-state index contributed by atoms with van der Waals surface area (Å²) in [5.41, 5.74) is 2.06. The van der Waals surface area contributed by atoms with Gasteiger partial charge < -0.3 is 24.8 Å². The fourth-order valence-corrected chi connectivity index (χ4v) is 3.88.